The van der Waals surface area contributed by atoms with Gasteiger partial charge in [-0.05, 0) is 19.1 Å². The standard InChI is InChI=1S/C17H18N2O4S/c1-11-15(18-16(23-11)12-5-3-2-4-6-12)17(22)19-7-8-24-10-13(19)9-14(20)21/h2-6,13H,7-10H2,1H3,(H,20,21). The SMILES string of the molecule is Cc1oc(-c2ccccc2)nc1C(=O)N1CCSCC1CC(=O)O. The zero-order chi connectivity index (χ0) is 17.1. The second kappa shape index (κ2) is 7.09. The van der Waals surface area contributed by atoms with Gasteiger partial charge in [0.1, 0.15) is 5.76 Å². The molecule has 24 heavy (non-hydrogen) atoms. The fourth-order valence-corrected chi connectivity index (χ4v) is 3.79. The lowest BCUT2D eigenvalue weighted by molar-refractivity contribution is -0.138. The Morgan fingerprint density at radius 3 is 2.83 bits per heavy atom. The molecule has 0 bridgehead atoms. The van der Waals surface area contributed by atoms with E-state index < -0.39 is 5.97 Å². The van der Waals surface area contributed by atoms with Gasteiger partial charge in [0.15, 0.2) is 5.69 Å². The summed E-state index contributed by atoms with van der Waals surface area (Å²) in [6.07, 6.45) is -0.0544. The summed E-state index contributed by atoms with van der Waals surface area (Å²) in [6.45, 7) is 2.23. The third-order valence-electron chi connectivity index (χ3n) is 3.92. The van der Waals surface area contributed by atoms with Crippen LogP contribution in [-0.2, 0) is 4.79 Å². The molecule has 126 valence electrons. The summed E-state index contributed by atoms with van der Waals surface area (Å²) >= 11 is 1.67. The van der Waals surface area contributed by atoms with Gasteiger partial charge in [0.2, 0.25) is 5.89 Å². The van der Waals surface area contributed by atoms with Gasteiger partial charge in [-0.3, -0.25) is 9.59 Å². The maximum atomic E-state index is 12.9. The van der Waals surface area contributed by atoms with Crippen LogP contribution >= 0.6 is 11.8 Å². The Balaban J connectivity index is 1.86. The molecule has 1 N–H and O–H groups in total. The predicted octanol–water partition coefficient (Wildman–Crippen LogP) is 2.68. The van der Waals surface area contributed by atoms with Gasteiger partial charge in [-0.25, -0.2) is 4.98 Å². The van der Waals surface area contributed by atoms with E-state index in [0.29, 0.717) is 23.9 Å². The average molecular weight is 346 g/mol. The lowest BCUT2D eigenvalue weighted by atomic mass is 10.1. The number of aryl methyl sites for hydroxylation is 1. The van der Waals surface area contributed by atoms with Crippen LogP contribution in [0.1, 0.15) is 22.7 Å². The van der Waals surface area contributed by atoms with Crippen LogP contribution in [-0.4, -0.2) is 51.0 Å². The number of carboxylic acid groups (broad SMARTS) is 1. The smallest absolute Gasteiger partial charge is 0.305 e. The molecule has 2 heterocycles. The van der Waals surface area contributed by atoms with Crippen LogP contribution in [0.2, 0.25) is 0 Å². The average Bonchev–Trinajstić information content (AvgIpc) is 2.97. The molecule has 1 aromatic carbocycles. The number of aliphatic carboxylic acids is 1. The van der Waals surface area contributed by atoms with E-state index in [4.69, 9.17) is 9.52 Å². The van der Waals surface area contributed by atoms with E-state index in [0.717, 1.165) is 11.3 Å². The molecule has 1 atom stereocenters. The van der Waals surface area contributed by atoms with Crippen molar-refractivity contribution in [2.24, 2.45) is 0 Å². The minimum Gasteiger partial charge on any atom is -0.481 e. The van der Waals surface area contributed by atoms with Crippen LogP contribution in [0.25, 0.3) is 11.5 Å². The number of carbonyl (C=O) groups excluding carboxylic acids is 1. The Kier molecular flexibility index (Phi) is 4.89. The first-order valence-electron chi connectivity index (χ1n) is 7.69. The zero-order valence-electron chi connectivity index (χ0n) is 13.3. The van der Waals surface area contributed by atoms with Crippen molar-refractivity contribution in [3.63, 3.8) is 0 Å². The van der Waals surface area contributed by atoms with Crippen LogP contribution in [0.5, 0.6) is 0 Å². The van der Waals surface area contributed by atoms with Crippen molar-refractivity contribution in [1.82, 2.24) is 9.88 Å². The highest BCUT2D eigenvalue weighted by atomic mass is 32.2. The number of carbonyl (C=O) groups is 2. The summed E-state index contributed by atoms with van der Waals surface area (Å²) in [7, 11) is 0. The van der Waals surface area contributed by atoms with E-state index in [-0.39, 0.29) is 24.1 Å². The van der Waals surface area contributed by atoms with Gasteiger partial charge in [-0.15, -0.1) is 0 Å². The second-order valence-electron chi connectivity index (χ2n) is 5.61. The fraction of sp³-hybridized carbons (Fsp3) is 0.353. The first kappa shape index (κ1) is 16.6. The summed E-state index contributed by atoms with van der Waals surface area (Å²) in [5.74, 6) is 1.11. The Morgan fingerprint density at radius 1 is 1.38 bits per heavy atom. The van der Waals surface area contributed by atoms with E-state index in [2.05, 4.69) is 4.98 Å². The molecule has 0 radical (unpaired) electrons. The molecule has 1 aliphatic heterocycles. The number of carboxylic acids is 1. The number of benzene rings is 1. The number of amides is 1. The lowest BCUT2D eigenvalue weighted by Gasteiger charge is -2.34. The number of rotatable bonds is 4. The van der Waals surface area contributed by atoms with Gasteiger partial charge in [-0.1, -0.05) is 18.2 Å². The number of aromatic nitrogens is 1. The molecule has 1 amide bonds. The molecule has 1 unspecified atom stereocenters. The van der Waals surface area contributed by atoms with Gasteiger partial charge in [0.25, 0.3) is 5.91 Å². The molecule has 3 rings (SSSR count). The molecule has 6 nitrogen and oxygen atoms in total. The Morgan fingerprint density at radius 2 is 2.12 bits per heavy atom. The Hall–Kier alpha value is -2.28. The number of hydrogen-bond donors (Lipinski definition) is 1. The third kappa shape index (κ3) is 3.46. The summed E-state index contributed by atoms with van der Waals surface area (Å²) in [5, 5.41) is 9.06. The van der Waals surface area contributed by atoms with Crippen molar-refractivity contribution < 1.29 is 19.1 Å². The Bertz CT molecular complexity index is 744. The van der Waals surface area contributed by atoms with E-state index >= 15 is 0 Å². The Labute approximate surface area is 143 Å². The van der Waals surface area contributed by atoms with Crippen molar-refractivity contribution in [2.75, 3.05) is 18.1 Å². The molecule has 1 fully saturated rings. The van der Waals surface area contributed by atoms with Crippen LogP contribution in [0.15, 0.2) is 34.7 Å². The van der Waals surface area contributed by atoms with Crippen LogP contribution in [0.4, 0.5) is 0 Å². The molecule has 0 spiro atoms. The minimum absolute atomic E-state index is 0.0544. The monoisotopic (exact) mass is 346 g/mol. The van der Waals surface area contributed by atoms with Crippen molar-refractivity contribution >= 4 is 23.6 Å². The molecule has 0 saturated carbocycles. The van der Waals surface area contributed by atoms with Gasteiger partial charge in [-0.2, -0.15) is 11.8 Å². The van der Waals surface area contributed by atoms with E-state index in [9.17, 15) is 9.59 Å². The van der Waals surface area contributed by atoms with Crippen molar-refractivity contribution in [2.45, 2.75) is 19.4 Å². The van der Waals surface area contributed by atoms with Crippen LogP contribution in [0.3, 0.4) is 0 Å². The van der Waals surface area contributed by atoms with E-state index in [1.165, 1.54) is 0 Å². The van der Waals surface area contributed by atoms with Crippen LogP contribution < -0.4 is 0 Å². The molecule has 1 aromatic heterocycles. The maximum absolute atomic E-state index is 12.9. The van der Waals surface area contributed by atoms with Crippen molar-refractivity contribution in [1.29, 1.82) is 0 Å². The van der Waals surface area contributed by atoms with E-state index in [1.54, 1.807) is 23.6 Å². The quantitative estimate of drug-likeness (QED) is 0.916. The second-order valence-corrected chi connectivity index (χ2v) is 6.76. The largest absolute Gasteiger partial charge is 0.481 e. The lowest BCUT2D eigenvalue weighted by Crippen LogP contribution is -2.47. The summed E-state index contributed by atoms with van der Waals surface area (Å²) in [4.78, 5) is 29.9. The summed E-state index contributed by atoms with van der Waals surface area (Å²) < 4.78 is 5.65. The molecular weight excluding hydrogens is 328 g/mol. The van der Waals surface area contributed by atoms with Gasteiger partial charge in [0.05, 0.1) is 12.5 Å². The molecule has 0 aliphatic carbocycles. The van der Waals surface area contributed by atoms with E-state index in [1.807, 2.05) is 30.3 Å². The highest BCUT2D eigenvalue weighted by molar-refractivity contribution is 7.99. The molecular formula is C17H18N2O4S. The van der Waals surface area contributed by atoms with Crippen LogP contribution in [0, 0.1) is 6.92 Å². The molecule has 1 aliphatic rings. The van der Waals surface area contributed by atoms with Gasteiger partial charge in [0, 0.05) is 23.6 Å². The zero-order valence-corrected chi connectivity index (χ0v) is 14.1. The molecule has 2 aromatic rings. The highest BCUT2D eigenvalue weighted by Crippen LogP contribution is 2.25. The third-order valence-corrected chi connectivity index (χ3v) is 5.01. The molecule has 7 heteroatoms. The van der Waals surface area contributed by atoms with Gasteiger partial charge >= 0.3 is 5.97 Å². The first-order chi connectivity index (χ1) is 11.6. The number of hydrogen-bond acceptors (Lipinski definition) is 5. The normalized spacial score (nSPS) is 17.7. The van der Waals surface area contributed by atoms with Crippen molar-refractivity contribution in [3.05, 3.63) is 41.8 Å². The fourth-order valence-electron chi connectivity index (χ4n) is 2.73. The number of oxazole rings is 1. The van der Waals surface area contributed by atoms with Crippen molar-refractivity contribution in [3.8, 4) is 11.5 Å². The first-order valence-corrected chi connectivity index (χ1v) is 8.85. The minimum atomic E-state index is -0.901. The molecule has 1 saturated heterocycles. The summed E-state index contributed by atoms with van der Waals surface area (Å²) in [6, 6.07) is 9.06. The van der Waals surface area contributed by atoms with Gasteiger partial charge < -0.3 is 14.4 Å². The predicted molar refractivity (Wildman–Crippen MR) is 91.1 cm³/mol. The highest BCUT2D eigenvalue weighted by Gasteiger charge is 2.32. The maximum Gasteiger partial charge on any atom is 0.305 e. The number of nitrogens with zero attached hydrogens (tertiary/aromatic N) is 2. The number of thioether (sulfide) groups is 1. The topological polar surface area (TPSA) is 83.6 Å². The summed E-state index contributed by atoms with van der Waals surface area (Å²) in [5.41, 5.74) is 1.06.